The number of rotatable bonds is 8. The summed E-state index contributed by atoms with van der Waals surface area (Å²) >= 11 is 0. The smallest absolute Gasteiger partial charge is 0.227 e. The summed E-state index contributed by atoms with van der Waals surface area (Å²) in [7, 11) is 1.48. The van der Waals surface area contributed by atoms with E-state index in [0.717, 1.165) is 37.2 Å². The first-order valence-corrected chi connectivity index (χ1v) is 12.3. The van der Waals surface area contributed by atoms with Gasteiger partial charge < -0.3 is 31.3 Å². The predicted molar refractivity (Wildman–Crippen MR) is 138 cm³/mol. The lowest BCUT2D eigenvalue weighted by Gasteiger charge is -2.27. The van der Waals surface area contributed by atoms with Gasteiger partial charge in [0.25, 0.3) is 0 Å². The highest BCUT2D eigenvalue weighted by Gasteiger charge is 2.35. The molecule has 0 radical (unpaired) electrons. The number of ether oxygens (including phenoxy) is 1. The lowest BCUT2D eigenvalue weighted by atomic mass is 9.92. The third-order valence-electron chi connectivity index (χ3n) is 6.53. The number of methoxy groups -OCH3 is 1. The van der Waals surface area contributed by atoms with Gasteiger partial charge in [0.2, 0.25) is 5.95 Å². The van der Waals surface area contributed by atoms with Crippen molar-refractivity contribution in [2.75, 3.05) is 27.8 Å². The minimum atomic E-state index is -0.0559. The maximum absolute atomic E-state index is 10.5. The molecular weight excluding hydrogens is 448 g/mol. The Hall–Kier alpha value is -3.18. The molecule has 0 amide bonds. The van der Waals surface area contributed by atoms with Crippen LogP contribution in [0.4, 0.5) is 23.3 Å². The minimum absolute atomic E-state index is 0.0559. The van der Waals surface area contributed by atoms with Crippen molar-refractivity contribution >= 4 is 23.3 Å². The van der Waals surface area contributed by atoms with Crippen molar-refractivity contribution < 1.29 is 14.9 Å². The number of hydrogen-bond donors (Lipinski definition) is 6. The highest BCUT2D eigenvalue weighted by atomic mass is 16.5. The van der Waals surface area contributed by atoms with Gasteiger partial charge in [0.15, 0.2) is 11.6 Å². The third-order valence-corrected chi connectivity index (χ3v) is 6.53. The SMILES string of the molecule is COc1cc(O)c(CNc2nc(NC3CCC(N)CC3)nc3c2N(C(C)C)NN3C(C)C)c(O)c1. The van der Waals surface area contributed by atoms with Crippen molar-refractivity contribution in [3.8, 4) is 17.2 Å². The van der Waals surface area contributed by atoms with E-state index in [1.165, 1.54) is 19.2 Å². The average Bonchev–Trinajstić information content (AvgIpc) is 3.20. The van der Waals surface area contributed by atoms with Crippen molar-refractivity contribution in [3.05, 3.63) is 17.7 Å². The van der Waals surface area contributed by atoms with E-state index in [4.69, 9.17) is 20.4 Å². The molecular formula is C24H38N8O3. The highest BCUT2D eigenvalue weighted by Crippen LogP contribution is 2.41. The Kier molecular flexibility index (Phi) is 7.27. The Labute approximate surface area is 206 Å². The molecule has 2 heterocycles. The molecule has 11 heteroatoms. The van der Waals surface area contributed by atoms with Crippen LogP contribution >= 0.6 is 0 Å². The number of aromatic hydroxyl groups is 2. The van der Waals surface area contributed by atoms with E-state index in [1.54, 1.807) is 0 Å². The second-order valence-corrected chi connectivity index (χ2v) is 9.85. The van der Waals surface area contributed by atoms with E-state index < -0.39 is 0 Å². The summed E-state index contributed by atoms with van der Waals surface area (Å²) in [6.45, 7) is 8.53. The lowest BCUT2D eigenvalue weighted by Crippen LogP contribution is -2.50. The summed E-state index contributed by atoms with van der Waals surface area (Å²) in [5.41, 5.74) is 10.7. The molecule has 11 nitrogen and oxygen atoms in total. The number of phenolic OH excluding ortho intramolecular Hbond substituents is 2. The molecule has 2 aromatic rings. The van der Waals surface area contributed by atoms with Crippen molar-refractivity contribution in [2.24, 2.45) is 5.73 Å². The summed E-state index contributed by atoms with van der Waals surface area (Å²) < 4.78 is 5.13. The van der Waals surface area contributed by atoms with E-state index in [-0.39, 0.29) is 42.2 Å². The lowest BCUT2D eigenvalue weighted by molar-refractivity contribution is 0.394. The fourth-order valence-corrected chi connectivity index (χ4v) is 4.50. The molecule has 1 aromatic carbocycles. The van der Waals surface area contributed by atoms with E-state index in [1.807, 2.05) is 10.0 Å². The first kappa shape index (κ1) is 24.9. The van der Waals surface area contributed by atoms with Crippen LogP contribution in [0.3, 0.4) is 0 Å². The molecule has 0 unspecified atom stereocenters. The molecule has 1 aliphatic heterocycles. The highest BCUT2D eigenvalue weighted by molar-refractivity contribution is 5.83. The first-order chi connectivity index (χ1) is 16.7. The molecule has 1 aliphatic carbocycles. The Morgan fingerprint density at radius 3 is 2.26 bits per heavy atom. The number of phenols is 2. The van der Waals surface area contributed by atoms with Gasteiger partial charge in [-0.1, -0.05) is 0 Å². The van der Waals surface area contributed by atoms with Gasteiger partial charge in [-0.05, 0) is 53.4 Å². The summed E-state index contributed by atoms with van der Waals surface area (Å²) in [6, 6.07) is 3.75. The number of hydrazine groups is 2. The summed E-state index contributed by atoms with van der Waals surface area (Å²) in [6.07, 6.45) is 3.90. The molecule has 4 rings (SSSR count). The molecule has 0 bridgehead atoms. The topological polar surface area (TPSA) is 144 Å². The molecule has 35 heavy (non-hydrogen) atoms. The number of anilines is 4. The molecule has 2 aliphatic rings. The first-order valence-electron chi connectivity index (χ1n) is 12.3. The maximum atomic E-state index is 10.5. The molecule has 192 valence electrons. The number of nitrogens with zero attached hydrogens (tertiary/aromatic N) is 4. The molecule has 7 N–H and O–H groups in total. The van der Waals surface area contributed by atoms with E-state index in [0.29, 0.717) is 23.1 Å². The average molecular weight is 487 g/mol. The quantitative estimate of drug-likeness (QED) is 0.327. The van der Waals surface area contributed by atoms with Gasteiger partial charge in [-0.15, -0.1) is 5.53 Å². The van der Waals surface area contributed by atoms with Crippen molar-refractivity contribution in [3.63, 3.8) is 0 Å². The summed E-state index contributed by atoms with van der Waals surface area (Å²) in [5, 5.41) is 31.8. The van der Waals surface area contributed by atoms with Crippen LogP contribution in [0.1, 0.15) is 58.9 Å². The van der Waals surface area contributed by atoms with Crippen LogP contribution < -0.4 is 36.7 Å². The second kappa shape index (κ2) is 10.2. The molecule has 0 spiro atoms. The number of aromatic nitrogens is 2. The zero-order chi connectivity index (χ0) is 25.3. The maximum Gasteiger partial charge on any atom is 0.227 e. The summed E-state index contributed by atoms with van der Waals surface area (Å²) in [4.78, 5) is 9.72. The number of fused-ring (bicyclic) bond motifs is 1. The second-order valence-electron chi connectivity index (χ2n) is 9.85. The van der Waals surface area contributed by atoms with Crippen LogP contribution in [-0.2, 0) is 6.54 Å². The zero-order valence-electron chi connectivity index (χ0n) is 21.2. The number of benzene rings is 1. The molecule has 0 saturated heterocycles. The largest absolute Gasteiger partial charge is 0.507 e. The molecule has 1 saturated carbocycles. The number of nitrogens with one attached hydrogen (secondary N) is 3. The Balaban J connectivity index is 1.69. The fourth-order valence-electron chi connectivity index (χ4n) is 4.50. The molecule has 1 aromatic heterocycles. The van der Waals surface area contributed by atoms with Gasteiger partial charge >= 0.3 is 0 Å². The van der Waals surface area contributed by atoms with Gasteiger partial charge in [0.05, 0.1) is 12.7 Å². The van der Waals surface area contributed by atoms with Crippen LogP contribution in [0.2, 0.25) is 0 Å². The minimum Gasteiger partial charge on any atom is -0.507 e. The van der Waals surface area contributed by atoms with Crippen molar-refractivity contribution in [2.45, 2.75) is 84.1 Å². The monoisotopic (exact) mass is 486 g/mol. The van der Waals surface area contributed by atoms with Gasteiger partial charge in [0, 0.05) is 42.8 Å². The van der Waals surface area contributed by atoms with Crippen LogP contribution in [0.25, 0.3) is 0 Å². The van der Waals surface area contributed by atoms with E-state index in [9.17, 15) is 10.2 Å². The van der Waals surface area contributed by atoms with E-state index in [2.05, 4.69) is 43.9 Å². The van der Waals surface area contributed by atoms with Crippen LogP contribution in [-0.4, -0.2) is 51.5 Å². The number of hydrogen-bond acceptors (Lipinski definition) is 11. The normalized spacial score (nSPS) is 19.9. The molecule has 0 atom stereocenters. The van der Waals surface area contributed by atoms with Crippen molar-refractivity contribution in [1.29, 1.82) is 0 Å². The van der Waals surface area contributed by atoms with Gasteiger partial charge in [0.1, 0.15) is 22.9 Å². The Morgan fingerprint density at radius 2 is 1.69 bits per heavy atom. The Morgan fingerprint density at radius 1 is 1.06 bits per heavy atom. The van der Waals surface area contributed by atoms with Gasteiger partial charge in [-0.3, -0.25) is 10.0 Å². The zero-order valence-corrected chi connectivity index (χ0v) is 21.2. The van der Waals surface area contributed by atoms with Crippen LogP contribution in [0.15, 0.2) is 12.1 Å². The van der Waals surface area contributed by atoms with Crippen LogP contribution in [0, 0.1) is 0 Å². The van der Waals surface area contributed by atoms with Gasteiger partial charge in [-0.25, -0.2) is 0 Å². The third kappa shape index (κ3) is 5.25. The molecule has 1 fully saturated rings. The van der Waals surface area contributed by atoms with E-state index >= 15 is 0 Å². The van der Waals surface area contributed by atoms with Crippen LogP contribution in [0.5, 0.6) is 17.2 Å². The van der Waals surface area contributed by atoms with Crippen molar-refractivity contribution in [1.82, 2.24) is 15.5 Å². The fraction of sp³-hybridized carbons (Fsp3) is 0.583. The number of nitrogens with two attached hydrogens (primary N) is 1. The standard InChI is InChI=1S/C24H38N8O3/c1-13(2)31-21-22(26-12-18-19(33)10-17(35-5)11-20(18)34)28-24(27-16-8-6-15(25)7-9-16)29-23(21)32(30-31)14(3)4/h10-11,13-16,30,33-34H,6-9,12,25H2,1-5H3,(H2,26,27,28,29). The summed E-state index contributed by atoms with van der Waals surface area (Å²) in [5.74, 6) is 2.17. The predicted octanol–water partition coefficient (Wildman–Crippen LogP) is 3.05. The Bertz CT molecular complexity index is 1020. The van der Waals surface area contributed by atoms with Gasteiger partial charge in [-0.2, -0.15) is 9.97 Å².